The summed E-state index contributed by atoms with van der Waals surface area (Å²) in [5.74, 6) is 0. The van der Waals surface area contributed by atoms with Gasteiger partial charge in [0.1, 0.15) is 0 Å². The molecule has 0 aliphatic carbocycles. The van der Waals surface area contributed by atoms with Gasteiger partial charge in [-0.3, -0.25) is 56.6 Å². The molecule has 0 aliphatic heterocycles. The van der Waals surface area contributed by atoms with E-state index in [1.807, 2.05) is 116 Å². The predicted octanol–water partition coefficient (Wildman–Crippen LogP) is 17.3. The fraction of sp³-hybridized carbons (Fsp3) is 0.400. The Bertz CT molecular complexity index is 5900. The number of rotatable bonds is 23. The minimum atomic E-state index is -0.431. The van der Waals surface area contributed by atoms with Gasteiger partial charge in [0.15, 0.2) is 0 Å². The van der Waals surface area contributed by atoms with Gasteiger partial charge in [0.2, 0.25) is 0 Å². The van der Waals surface area contributed by atoms with Crippen LogP contribution in [0.4, 0.5) is 0 Å². The summed E-state index contributed by atoms with van der Waals surface area (Å²) in [6.45, 7) is 21.6. The van der Waals surface area contributed by atoms with Crippen LogP contribution in [0.5, 0.6) is 0 Å². The summed E-state index contributed by atoms with van der Waals surface area (Å²) in [6, 6.07) is 18.0. The van der Waals surface area contributed by atoms with E-state index in [4.69, 9.17) is 0 Å². The average Bonchev–Trinajstić information content (AvgIpc) is 1.35. The van der Waals surface area contributed by atoms with Gasteiger partial charge in [-0.25, -0.2) is 0 Å². The van der Waals surface area contributed by atoms with E-state index >= 15 is 38.4 Å². The first-order valence-electron chi connectivity index (χ1n) is 35.4. The lowest BCUT2D eigenvalue weighted by molar-refractivity contribution is 0.451. The highest BCUT2D eigenvalue weighted by molar-refractivity contribution is 6.50. The van der Waals surface area contributed by atoms with Crippen molar-refractivity contribution < 1.29 is 0 Å². The Morgan fingerprint density at radius 2 is 0.489 bits per heavy atom. The first-order chi connectivity index (χ1) is 45.6. The highest BCUT2D eigenvalue weighted by Gasteiger charge is 2.36. The van der Waals surface area contributed by atoms with Gasteiger partial charge in [-0.1, -0.05) is 120 Å². The maximum Gasteiger partial charge on any atom is 0.261 e. The van der Waals surface area contributed by atoms with E-state index in [2.05, 4.69) is 23.0 Å². The normalized spacial score (nSPS) is 13.2. The van der Waals surface area contributed by atoms with Gasteiger partial charge in [-0.15, -0.1) is 0 Å². The van der Waals surface area contributed by atoms with E-state index < -0.39 is 23.2 Å². The van der Waals surface area contributed by atoms with Crippen LogP contribution in [0.2, 0.25) is 0 Å². The van der Waals surface area contributed by atoms with Gasteiger partial charge in [0.25, 0.3) is 44.5 Å². The maximum atomic E-state index is 16.2. The van der Waals surface area contributed by atoms with E-state index in [1.54, 1.807) is 0 Å². The Kier molecular flexibility index (Phi) is 13.9. The lowest BCUT2D eigenvalue weighted by Crippen LogP contribution is -2.36. The largest absolute Gasteiger partial charge is 0.340 e. The molecule has 6 heterocycles. The monoisotopic (exact) mass is 1250 g/mol. The summed E-state index contributed by atoms with van der Waals surface area (Å²) in [5, 5.41) is 14.5. The summed E-state index contributed by atoms with van der Waals surface area (Å²) in [7, 11) is 0. The third kappa shape index (κ3) is 7.48. The van der Waals surface area contributed by atoms with Crippen molar-refractivity contribution in [3.63, 3.8) is 0 Å². The van der Waals surface area contributed by atoms with Crippen LogP contribution >= 0.6 is 0 Å². The van der Waals surface area contributed by atoms with Crippen molar-refractivity contribution in [1.82, 2.24) is 27.4 Å². The number of aryl methyl sites for hydroxylation is 2. The number of fused-ring (bicyclic) bond motifs is 2. The molecule has 94 heavy (non-hydrogen) atoms. The molecule has 0 fully saturated rings. The molecule has 0 N–H and O–H groups in total. The van der Waals surface area contributed by atoms with Gasteiger partial charge < -0.3 is 9.13 Å². The zero-order valence-corrected chi connectivity index (χ0v) is 55.8. The fourth-order valence-corrected chi connectivity index (χ4v) is 18.5. The molecule has 14 heteroatoms. The summed E-state index contributed by atoms with van der Waals surface area (Å²) in [6.07, 6.45) is 12.1. The molecule has 16 rings (SSSR count). The molecule has 0 amide bonds. The van der Waals surface area contributed by atoms with E-state index in [0.29, 0.717) is 173 Å². The molecule has 0 saturated heterocycles. The van der Waals surface area contributed by atoms with Crippen LogP contribution in [-0.2, 0) is 13.1 Å². The minimum absolute atomic E-state index is 0.339. The van der Waals surface area contributed by atoms with Crippen molar-refractivity contribution in [3.8, 4) is 11.1 Å². The summed E-state index contributed by atoms with van der Waals surface area (Å²) in [5.41, 5.74) is 1.40. The zero-order chi connectivity index (χ0) is 65.5. The Morgan fingerprint density at radius 1 is 0.245 bits per heavy atom. The maximum absolute atomic E-state index is 16.2. The average molecular weight is 1250 g/mol. The fourth-order valence-electron chi connectivity index (χ4n) is 18.5. The van der Waals surface area contributed by atoms with E-state index in [0.717, 1.165) is 106 Å². The standard InChI is InChI=1S/C80H80N6O8/c1-11-21-23-25-31-81-55-35-51-61-45(73(87)83(77(51)91)39(13-3)14-4)29-27-43-59-47(33-49-63-53(79(93)85(75(49)89)41(17-7)18-8)37-57(81)69(71(59)63)67(55)65(43)61)48-34-50-64-54(80(94)86(76(50)90)42(19-9)20-10)38-58-70-68-56(82(58)32-26-24-22-12-2)36-52-62-46(30-28-44(66(62)68)60(48)72(64)70)74(88)84(78(52)92)40(15-5)16-6/h27-30,33-42H,11-26,31-32H2,1-10H3. The molecule has 0 unspecified atom stereocenters. The zero-order valence-electron chi connectivity index (χ0n) is 55.8. The van der Waals surface area contributed by atoms with Crippen LogP contribution < -0.4 is 44.5 Å². The van der Waals surface area contributed by atoms with Gasteiger partial charge in [0, 0.05) is 123 Å². The molecular weight excluding hydrogens is 1170 g/mol. The van der Waals surface area contributed by atoms with E-state index in [9.17, 15) is 0 Å². The molecule has 0 aliphatic rings. The van der Waals surface area contributed by atoms with Crippen LogP contribution in [0.15, 0.2) is 99.0 Å². The molecule has 16 aromatic rings. The highest BCUT2D eigenvalue weighted by atomic mass is 16.2. The number of pyridine rings is 4. The second-order valence-corrected chi connectivity index (χ2v) is 27.5. The molecule has 14 nitrogen and oxygen atoms in total. The van der Waals surface area contributed by atoms with Crippen LogP contribution in [0.25, 0.3) is 162 Å². The molecule has 0 atom stereocenters. The van der Waals surface area contributed by atoms with Crippen molar-refractivity contribution in [2.75, 3.05) is 0 Å². The van der Waals surface area contributed by atoms with E-state index in [-0.39, 0.29) is 45.4 Å². The summed E-state index contributed by atoms with van der Waals surface area (Å²) in [4.78, 5) is 126. The number of benzene rings is 10. The number of unbranched alkanes of at least 4 members (excludes halogenated alkanes) is 6. The number of aromatic nitrogens is 6. The number of hydrogen-bond donors (Lipinski definition) is 0. The lowest BCUT2D eigenvalue weighted by atomic mass is 9.79. The van der Waals surface area contributed by atoms with Crippen molar-refractivity contribution >= 4 is 151 Å². The van der Waals surface area contributed by atoms with Gasteiger partial charge >= 0.3 is 0 Å². The topological polar surface area (TPSA) is 166 Å². The Hall–Kier alpha value is -9.04. The summed E-state index contributed by atoms with van der Waals surface area (Å²) < 4.78 is 10.4. The van der Waals surface area contributed by atoms with Gasteiger partial charge in [0.05, 0.1) is 43.6 Å². The third-order valence-electron chi connectivity index (χ3n) is 23.1. The molecule has 478 valence electrons. The third-order valence-corrected chi connectivity index (χ3v) is 23.1. The van der Waals surface area contributed by atoms with Crippen LogP contribution in [0.3, 0.4) is 0 Å². The Balaban J connectivity index is 1.22. The van der Waals surface area contributed by atoms with Crippen molar-refractivity contribution in [2.24, 2.45) is 0 Å². The number of nitrogens with zero attached hydrogens (tertiary/aromatic N) is 6. The van der Waals surface area contributed by atoms with Gasteiger partial charge in [-0.2, -0.15) is 0 Å². The van der Waals surface area contributed by atoms with Crippen LogP contribution in [0.1, 0.15) is 196 Å². The van der Waals surface area contributed by atoms with Crippen molar-refractivity contribution in [2.45, 2.75) is 209 Å². The Morgan fingerprint density at radius 3 is 0.766 bits per heavy atom. The highest BCUT2D eigenvalue weighted by Crippen LogP contribution is 2.56. The first kappa shape index (κ1) is 59.9. The van der Waals surface area contributed by atoms with Crippen molar-refractivity contribution in [1.29, 1.82) is 0 Å². The molecule has 6 aromatic heterocycles. The lowest BCUT2D eigenvalue weighted by Gasteiger charge is -2.24. The molecule has 0 spiro atoms. The Labute approximate surface area is 539 Å². The molecule has 10 aromatic carbocycles. The quantitative estimate of drug-likeness (QED) is 0.0347. The first-order valence-corrected chi connectivity index (χ1v) is 35.4. The van der Waals surface area contributed by atoms with E-state index in [1.165, 1.54) is 18.3 Å². The van der Waals surface area contributed by atoms with Crippen LogP contribution in [-0.4, -0.2) is 27.4 Å². The SMILES string of the molecule is CCCCCCn1c2cc3c(=O)n(C(CC)CC)c(=O)c4ccc5c6c(-c7cc8c(=O)n(C(CC)CC)c(=O)c9cc%10c%11c(c7c7ccc%12c(=O)n(C(CC)CC)c(=O)c%13cc(c%11c7c%12%13)n%10CCCCCC)c89)cc7c(=O)n(C(CC)CC)c(=O)c8cc1c(c6c78)c2c5c43. The molecule has 0 bridgehead atoms. The van der Waals surface area contributed by atoms with Gasteiger partial charge in [-0.05, 0) is 145 Å². The molecule has 0 radical (unpaired) electrons. The predicted molar refractivity (Wildman–Crippen MR) is 391 cm³/mol. The number of hydrogen-bond acceptors (Lipinski definition) is 8. The van der Waals surface area contributed by atoms with Crippen molar-refractivity contribution in [3.05, 3.63) is 143 Å². The van der Waals surface area contributed by atoms with Crippen LogP contribution in [0, 0.1) is 0 Å². The second kappa shape index (κ2) is 21.8. The molecule has 0 saturated carbocycles. The smallest absolute Gasteiger partial charge is 0.261 e. The molecular formula is C80H80N6O8. The summed E-state index contributed by atoms with van der Waals surface area (Å²) >= 11 is 0. The minimum Gasteiger partial charge on any atom is -0.340 e. The second-order valence-electron chi connectivity index (χ2n) is 27.5.